The second kappa shape index (κ2) is 6.17. The van der Waals surface area contributed by atoms with Crippen LogP contribution in [0.1, 0.15) is 0 Å². The lowest BCUT2D eigenvalue weighted by molar-refractivity contribution is 0.149. The zero-order valence-corrected chi connectivity index (χ0v) is 12.8. The van der Waals surface area contributed by atoms with Crippen molar-refractivity contribution in [2.45, 2.75) is 12.6 Å². The van der Waals surface area contributed by atoms with Crippen molar-refractivity contribution < 1.29 is 5.11 Å². The molecule has 2 atom stereocenters. The summed E-state index contributed by atoms with van der Waals surface area (Å²) in [7, 11) is 0. The summed E-state index contributed by atoms with van der Waals surface area (Å²) in [6.45, 7) is 3.35. The Hall–Kier alpha value is -1.38. The van der Waals surface area contributed by atoms with Crippen LogP contribution in [0.15, 0.2) is 12.7 Å². The third-order valence-electron chi connectivity index (χ3n) is 3.95. The van der Waals surface area contributed by atoms with E-state index in [0.717, 1.165) is 37.6 Å². The lowest BCUT2D eigenvalue weighted by atomic mass is 10.1. The average Bonchev–Trinajstić information content (AvgIpc) is 3.03. The molecular weight excluding hydrogens is 288 g/mol. The van der Waals surface area contributed by atoms with E-state index >= 15 is 0 Å². The zero-order chi connectivity index (χ0) is 14.8. The van der Waals surface area contributed by atoms with Crippen molar-refractivity contribution in [2.75, 3.05) is 37.4 Å². The molecule has 2 aromatic rings. The number of hydrogen-bond donors (Lipinski definition) is 2. The van der Waals surface area contributed by atoms with Gasteiger partial charge in [0.2, 0.25) is 0 Å². The van der Waals surface area contributed by atoms with Crippen molar-refractivity contribution >= 4 is 28.7 Å². The Morgan fingerprint density at radius 2 is 2.19 bits per heavy atom. The van der Waals surface area contributed by atoms with Crippen LogP contribution in [0.25, 0.3) is 11.2 Å². The number of thioether (sulfide) groups is 1. The molecule has 0 bridgehead atoms. The molecule has 1 aliphatic heterocycles. The number of β-amino-alcohol motifs (C(OH)–C–C–N with tert-alkyl or cyclic N) is 1. The third-order valence-corrected chi connectivity index (χ3v) is 4.71. The predicted molar refractivity (Wildman–Crippen MR) is 84.1 cm³/mol. The zero-order valence-electron chi connectivity index (χ0n) is 12.0. The van der Waals surface area contributed by atoms with Crippen LogP contribution in [-0.4, -0.2) is 67.3 Å². The Kier molecular flexibility index (Phi) is 4.27. The molecule has 21 heavy (non-hydrogen) atoms. The van der Waals surface area contributed by atoms with Gasteiger partial charge in [0, 0.05) is 32.1 Å². The van der Waals surface area contributed by atoms with Crippen molar-refractivity contribution in [1.82, 2.24) is 24.4 Å². The summed E-state index contributed by atoms with van der Waals surface area (Å²) < 4.78 is 1.99. The van der Waals surface area contributed by atoms with E-state index in [4.69, 9.17) is 5.73 Å². The average molecular weight is 308 g/mol. The van der Waals surface area contributed by atoms with Crippen molar-refractivity contribution in [2.24, 2.45) is 5.92 Å². The standard InChI is InChI=1S/C13H20N6OS/c1-21-6-9-4-18(5-10(9)20)2-3-19-8-17-11-12(14)15-7-16-13(11)19/h7-10,20H,2-6H2,1H3,(H2,14,15,16)/t9-,10+/m0/s1. The molecule has 3 heterocycles. The van der Waals surface area contributed by atoms with Crippen LogP contribution < -0.4 is 5.73 Å². The van der Waals surface area contributed by atoms with Gasteiger partial charge in [-0.05, 0) is 12.0 Å². The third kappa shape index (κ3) is 2.97. The van der Waals surface area contributed by atoms with Crippen LogP contribution in [0.2, 0.25) is 0 Å². The number of likely N-dealkylation sites (tertiary alicyclic amines) is 1. The van der Waals surface area contributed by atoms with Gasteiger partial charge in [-0.1, -0.05) is 0 Å². The molecule has 8 heteroatoms. The van der Waals surface area contributed by atoms with E-state index < -0.39 is 0 Å². The summed E-state index contributed by atoms with van der Waals surface area (Å²) in [5.74, 6) is 1.79. The Balaban J connectivity index is 1.64. The SMILES string of the molecule is CSC[C@@H]1CN(CCn2cnc3c(N)ncnc32)C[C@H]1O. The van der Waals surface area contributed by atoms with E-state index in [0.29, 0.717) is 17.3 Å². The van der Waals surface area contributed by atoms with E-state index in [1.807, 2.05) is 4.57 Å². The molecule has 1 fully saturated rings. The van der Waals surface area contributed by atoms with Crippen LogP contribution in [-0.2, 0) is 6.54 Å². The highest BCUT2D eigenvalue weighted by Crippen LogP contribution is 2.21. The molecule has 7 nitrogen and oxygen atoms in total. The first kappa shape index (κ1) is 14.6. The van der Waals surface area contributed by atoms with Crippen molar-refractivity contribution in [3.8, 4) is 0 Å². The number of nitrogens with zero attached hydrogens (tertiary/aromatic N) is 5. The van der Waals surface area contributed by atoms with Crippen LogP contribution in [0, 0.1) is 5.92 Å². The molecule has 0 radical (unpaired) electrons. The highest BCUT2D eigenvalue weighted by Gasteiger charge is 2.30. The largest absolute Gasteiger partial charge is 0.391 e. The Bertz CT molecular complexity index is 618. The number of imidazole rings is 1. The molecule has 0 unspecified atom stereocenters. The maximum absolute atomic E-state index is 10.0. The molecule has 0 aromatic carbocycles. The van der Waals surface area contributed by atoms with Gasteiger partial charge in [-0.15, -0.1) is 0 Å². The number of nitrogen functional groups attached to an aromatic ring is 1. The van der Waals surface area contributed by atoms with Crippen LogP contribution in [0.5, 0.6) is 0 Å². The number of aliphatic hydroxyl groups excluding tert-OH is 1. The van der Waals surface area contributed by atoms with Crippen molar-refractivity contribution in [3.05, 3.63) is 12.7 Å². The van der Waals surface area contributed by atoms with Gasteiger partial charge in [-0.3, -0.25) is 4.90 Å². The molecule has 1 aliphatic rings. The van der Waals surface area contributed by atoms with E-state index in [9.17, 15) is 5.11 Å². The van der Waals surface area contributed by atoms with E-state index in [1.54, 1.807) is 18.1 Å². The molecule has 114 valence electrons. The fourth-order valence-corrected chi connectivity index (χ4v) is 3.57. The summed E-state index contributed by atoms with van der Waals surface area (Å²) in [5, 5.41) is 10.0. The fraction of sp³-hybridized carbons (Fsp3) is 0.615. The van der Waals surface area contributed by atoms with Gasteiger partial charge < -0.3 is 15.4 Å². The van der Waals surface area contributed by atoms with E-state index in [-0.39, 0.29) is 6.10 Å². The number of fused-ring (bicyclic) bond motifs is 1. The van der Waals surface area contributed by atoms with E-state index in [2.05, 4.69) is 26.1 Å². The molecule has 1 saturated heterocycles. The van der Waals surface area contributed by atoms with Crippen molar-refractivity contribution in [1.29, 1.82) is 0 Å². The molecule has 0 saturated carbocycles. The Labute approximate surface area is 127 Å². The molecule has 2 aromatic heterocycles. The van der Waals surface area contributed by atoms with Crippen LogP contribution in [0.4, 0.5) is 5.82 Å². The quantitative estimate of drug-likeness (QED) is 0.807. The highest BCUT2D eigenvalue weighted by molar-refractivity contribution is 7.98. The molecular formula is C13H20N6OS. The highest BCUT2D eigenvalue weighted by atomic mass is 32.2. The maximum atomic E-state index is 10.0. The molecule has 3 rings (SSSR count). The number of anilines is 1. The number of hydrogen-bond acceptors (Lipinski definition) is 7. The number of aromatic nitrogens is 4. The predicted octanol–water partition coefficient (Wildman–Crippen LogP) is 0.0642. The number of nitrogens with two attached hydrogens (primary N) is 1. The summed E-state index contributed by atoms with van der Waals surface area (Å²) in [6.07, 6.45) is 5.08. The lowest BCUT2D eigenvalue weighted by Gasteiger charge is -2.15. The first-order valence-corrected chi connectivity index (χ1v) is 8.39. The van der Waals surface area contributed by atoms with Crippen LogP contribution in [0.3, 0.4) is 0 Å². The van der Waals surface area contributed by atoms with Gasteiger partial charge in [0.1, 0.15) is 11.8 Å². The minimum absolute atomic E-state index is 0.213. The summed E-state index contributed by atoms with van der Waals surface area (Å²) in [6, 6.07) is 0. The lowest BCUT2D eigenvalue weighted by Crippen LogP contribution is -2.26. The molecule has 0 amide bonds. The second-order valence-electron chi connectivity index (χ2n) is 5.41. The van der Waals surface area contributed by atoms with Gasteiger partial charge in [-0.25, -0.2) is 15.0 Å². The minimum Gasteiger partial charge on any atom is -0.391 e. The first-order chi connectivity index (χ1) is 10.2. The molecule has 0 spiro atoms. The van der Waals surface area contributed by atoms with Gasteiger partial charge in [0.15, 0.2) is 11.5 Å². The minimum atomic E-state index is -0.213. The van der Waals surface area contributed by atoms with Gasteiger partial charge in [0.25, 0.3) is 0 Å². The second-order valence-corrected chi connectivity index (χ2v) is 6.32. The van der Waals surface area contributed by atoms with E-state index in [1.165, 1.54) is 6.33 Å². The first-order valence-electron chi connectivity index (χ1n) is 6.99. The number of aliphatic hydroxyl groups is 1. The Morgan fingerprint density at radius 1 is 1.33 bits per heavy atom. The Morgan fingerprint density at radius 3 is 3.00 bits per heavy atom. The molecule has 3 N–H and O–H groups in total. The number of rotatable bonds is 5. The molecule has 0 aliphatic carbocycles. The fourth-order valence-electron chi connectivity index (χ4n) is 2.81. The summed E-state index contributed by atoms with van der Waals surface area (Å²) in [5.41, 5.74) is 7.20. The van der Waals surface area contributed by atoms with Gasteiger partial charge >= 0.3 is 0 Å². The van der Waals surface area contributed by atoms with Crippen molar-refractivity contribution in [3.63, 3.8) is 0 Å². The monoisotopic (exact) mass is 308 g/mol. The smallest absolute Gasteiger partial charge is 0.165 e. The maximum Gasteiger partial charge on any atom is 0.165 e. The normalized spacial score (nSPS) is 23.1. The summed E-state index contributed by atoms with van der Waals surface area (Å²) in [4.78, 5) is 14.7. The van der Waals surface area contributed by atoms with Gasteiger partial charge in [-0.2, -0.15) is 11.8 Å². The topological polar surface area (TPSA) is 93.1 Å². The van der Waals surface area contributed by atoms with Gasteiger partial charge in [0.05, 0.1) is 12.4 Å². The summed E-state index contributed by atoms with van der Waals surface area (Å²) >= 11 is 1.79. The van der Waals surface area contributed by atoms with Crippen LogP contribution >= 0.6 is 11.8 Å².